The number of likely N-dealkylation sites (tertiary alicyclic amines) is 1. The van der Waals surface area contributed by atoms with Crippen LogP contribution in [-0.2, 0) is 4.79 Å². The Morgan fingerprint density at radius 1 is 1.73 bits per heavy atom. The number of nitro groups is 1. The van der Waals surface area contributed by atoms with E-state index in [2.05, 4.69) is 0 Å². The normalized spacial score (nSPS) is 27.0. The van der Waals surface area contributed by atoms with E-state index in [4.69, 9.17) is 0 Å². The predicted molar refractivity (Wildman–Crippen MR) is 37.9 cm³/mol. The summed E-state index contributed by atoms with van der Waals surface area (Å²) in [4.78, 5) is 22.5. The van der Waals surface area contributed by atoms with E-state index in [1.54, 1.807) is 11.9 Å². The zero-order valence-corrected chi connectivity index (χ0v) is 6.32. The van der Waals surface area contributed by atoms with Gasteiger partial charge in [-0.1, -0.05) is 0 Å². The molecule has 0 aromatic carbocycles. The van der Waals surface area contributed by atoms with Crippen LogP contribution in [0.4, 0.5) is 0 Å². The fourth-order valence-electron chi connectivity index (χ4n) is 1.14. The summed E-state index contributed by atoms with van der Waals surface area (Å²) >= 11 is 0. The average Bonchev–Trinajstić information content (AvgIpc) is 1.94. The Balaban J connectivity index is 2.61. The second-order valence-electron chi connectivity index (χ2n) is 2.78. The van der Waals surface area contributed by atoms with Gasteiger partial charge < -0.3 is 0 Å². The zero-order chi connectivity index (χ0) is 8.43. The Labute approximate surface area is 64.1 Å². The van der Waals surface area contributed by atoms with Crippen molar-refractivity contribution in [1.82, 2.24) is 4.90 Å². The van der Waals surface area contributed by atoms with Crippen LogP contribution in [0.5, 0.6) is 0 Å². The van der Waals surface area contributed by atoms with Crippen molar-refractivity contribution < 1.29 is 9.72 Å². The van der Waals surface area contributed by atoms with E-state index in [0.29, 0.717) is 13.0 Å². The SMILES string of the molecule is CN1CCC(=O)C([N+](=O)[O-])C1. The molecule has 1 heterocycles. The van der Waals surface area contributed by atoms with Crippen LogP contribution in [0.3, 0.4) is 0 Å². The molecular weight excluding hydrogens is 148 g/mol. The van der Waals surface area contributed by atoms with Crippen LogP contribution in [0.2, 0.25) is 0 Å². The summed E-state index contributed by atoms with van der Waals surface area (Å²) in [6, 6.07) is -0.992. The van der Waals surface area contributed by atoms with Crippen LogP contribution in [0.1, 0.15) is 6.42 Å². The van der Waals surface area contributed by atoms with Crippen molar-refractivity contribution in [3.63, 3.8) is 0 Å². The molecule has 1 atom stereocenters. The smallest absolute Gasteiger partial charge is 0.282 e. The third-order valence-electron chi connectivity index (χ3n) is 1.85. The van der Waals surface area contributed by atoms with E-state index in [1.165, 1.54) is 0 Å². The lowest BCUT2D eigenvalue weighted by Gasteiger charge is -2.22. The summed E-state index contributed by atoms with van der Waals surface area (Å²) in [5.74, 6) is -0.242. The molecule has 1 unspecified atom stereocenters. The highest BCUT2D eigenvalue weighted by Gasteiger charge is 2.34. The van der Waals surface area contributed by atoms with Crippen molar-refractivity contribution in [2.75, 3.05) is 20.1 Å². The fourth-order valence-corrected chi connectivity index (χ4v) is 1.14. The lowest BCUT2D eigenvalue weighted by molar-refractivity contribution is -0.509. The Morgan fingerprint density at radius 2 is 2.36 bits per heavy atom. The van der Waals surface area contributed by atoms with Gasteiger partial charge in [-0.25, -0.2) is 0 Å². The monoisotopic (exact) mass is 158 g/mol. The third-order valence-corrected chi connectivity index (χ3v) is 1.85. The molecule has 1 saturated heterocycles. The Kier molecular flexibility index (Phi) is 2.19. The predicted octanol–water partition coefficient (Wildman–Crippen LogP) is -0.464. The van der Waals surface area contributed by atoms with Gasteiger partial charge in [0.1, 0.15) is 0 Å². The van der Waals surface area contributed by atoms with Gasteiger partial charge in [-0.3, -0.25) is 19.8 Å². The van der Waals surface area contributed by atoms with Crippen molar-refractivity contribution >= 4 is 5.78 Å². The largest absolute Gasteiger partial charge is 0.299 e. The maximum absolute atomic E-state index is 10.9. The minimum absolute atomic E-state index is 0.242. The molecule has 0 aromatic heterocycles. The van der Waals surface area contributed by atoms with Gasteiger partial charge >= 0.3 is 0 Å². The van der Waals surface area contributed by atoms with E-state index < -0.39 is 11.0 Å². The molecule has 0 aliphatic carbocycles. The van der Waals surface area contributed by atoms with Crippen LogP contribution >= 0.6 is 0 Å². The van der Waals surface area contributed by atoms with Crippen molar-refractivity contribution in [2.24, 2.45) is 0 Å². The fraction of sp³-hybridized carbons (Fsp3) is 0.833. The maximum Gasteiger partial charge on any atom is 0.282 e. The molecule has 0 aromatic rings. The number of Topliss-reactive ketones (excluding diaryl/α,β-unsaturated/α-hetero) is 1. The van der Waals surface area contributed by atoms with Gasteiger partial charge in [0.25, 0.3) is 6.04 Å². The summed E-state index contributed by atoms with van der Waals surface area (Å²) < 4.78 is 0. The number of nitrogens with zero attached hydrogens (tertiary/aromatic N) is 2. The molecule has 5 heteroatoms. The molecule has 11 heavy (non-hydrogen) atoms. The lowest BCUT2D eigenvalue weighted by atomic mass is 10.1. The quantitative estimate of drug-likeness (QED) is 0.382. The number of likely N-dealkylation sites (N-methyl/N-ethyl adjacent to an activating group) is 1. The summed E-state index contributed by atoms with van der Waals surface area (Å²) in [5.41, 5.74) is 0. The van der Waals surface area contributed by atoms with E-state index in [9.17, 15) is 14.9 Å². The van der Waals surface area contributed by atoms with Gasteiger partial charge in [0.2, 0.25) is 5.78 Å². The summed E-state index contributed by atoms with van der Waals surface area (Å²) in [7, 11) is 1.78. The van der Waals surface area contributed by atoms with Crippen molar-refractivity contribution in [1.29, 1.82) is 0 Å². The molecular formula is C6H10N2O3. The molecule has 0 spiro atoms. The molecule has 1 aliphatic heterocycles. The second-order valence-corrected chi connectivity index (χ2v) is 2.78. The summed E-state index contributed by atoms with van der Waals surface area (Å²) in [6.45, 7) is 0.898. The highest BCUT2D eigenvalue weighted by molar-refractivity contribution is 5.83. The molecule has 1 fully saturated rings. The first-order valence-electron chi connectivity index (χ1n) is 3.46. The number of ketones is 1. The number of carbonyl (C=O) groups excluding carboxylic acids is 1. The first-order chi connectivity index (χ1) is 5.11. The molecule has 0 bridgehead atoms. The molecule has 0 N–H and O–H groups in total. The van der Waals surface area contributed by atoms with Gasteiger partial charge in [-0.05, 0) is 7.05 Å². The summed E-state index contributed by atoms with van der Waals surface area (Å²) in [5, 5.41) is 10.3. The molecule has 0 radical (unpaired) electrons. The number of hydrogen-bond donors (Lipinski definition) is 0. The van der Waals surface area contributed by atoms with Gasteiger partial charge in [0.15, 0.2) is 0 Å². The van der Waals surface area contributed by atoms with Crippen molar-refractivity contribution in [3.8, 4) is 0 Å². The second kappa shape index (κ2) is 2.96. The Bertz CT molecular complexity index is 192. The first kappa shape index (κ1) is 8.13. The van der Waals surface area contributed by atoms with E-state index in [-0.39, 0.29) is 12.3 Å². The molecule has 62 valence electrons. The van der Waals surface area contributed by atoms with Gasteiger partial charge in [0.05, 0.1) is 6.54 Å². The van der Waals surface area contributed by atoms with Crippen LogP contribution < -0.4 is 0 Å². The summed E-state index contributed by atoms with van der Waals surface area (Å²) in [6.07, 6.45) is 0.308. The standard InChI is InChI=1S/C6H10N2O3/c1-7-3-2-6(9)5(4-7)8(10)11/h5H,2-4H2,1H3. The minimum atomic E-state index is -0.992. The van der Waals surface area contributed by atoms with E-state index in [1.807, 2.05) is 0 Å². The third kappa shape index (κ3) is 1.74. The van der Waals surface area contributed by atoms with Crippen molar-refractivity contribution in [3.05, 3.63) is 10.1 Å². The average molecular weight is 158 g/mol. The highest BCUT2D eigenvalue weighted by atomic mass is 16.6. The molecule has 0 saturated carbocycles. The molecule has 0 amide bonds. The first-order valence-corrected chi connectivity index (χ1v) is 3.46. The highest BCUT2D eigenvalue weighted by Crippen LogP contribution is 2.06. The van der Waals surface area contributed by atoms with Crippen molar-refractivity contribution in [2.45, 2.75) is 12.5 Å². The molecule has 5 nitrogen and oxygen atoms in total. The zero-order valence-electron chi connectivity index (χ0n) is 6.32. The van der Waals surface area contributed by atoms with Gasteiger partial charge in [0, 0.05) is 17.9 Å². The van der Waals surface area contributed by atoms with Crippen LogP contribution in [0.15, 0.2) is 0 Å². The topological polar surface area (TPSA) is 63.5 Å². The lowest BCUT2D eigenvalue weighted by Crippen LogP contribution is -2.46. The number of rotatable bonds is 1. The van der Waals surface area contributed by atoms with Crippen LogP contribution in [0.25, 0.3) is 0 Å². The molecule has 1 aliphatic rings. The minimum Gasteiger partial charge on any atom is -0.299 e. The van der Waals surface area contributed by atoms with Crippen LogP contribution in [-0.4, -0.2) is 41.8 Å². The van der Waals surface area contributed by atoms with Gasteiger partial charge in [-0.15, -0.1) is 0 Å². The number of piperidine rings is 1. The Morgan fingerprint density at radius 3 is 2.82 bits per heavy atom. The number of hydrogen-bond acceptors (Lipinski definition) is 4. The number of carbonyl (C=O) groups is 1. The maximum atomic E-state index is 10.9. The van der Waals surface area contributed by atoms with E-state index >= 15 is 0 Å². The van der Waals surface area contributed by atoms with Crippen LogP contribution in [0, 0.1) is 10.1 Å². The van der Waals surface area contributed by atoms with Gasteiger partial charge in [-0.2, -0.15) is 0 Å². The van der Waals surface area contributed by atoms with E-state index in [0.717, 1.165) is 0 Å². The molecule has 1 rings (SSSR count). The Hall–Kier alpha value is -0.970.